The molecule has 40 heavy (non-hydrogen) atoms. The molecule has 2 fully saturated rings. The normalized spacial score (nSPS) is 18.0. The van der Waals surface area contributed by atoms with Crippen molar-refractivity contribution in [2.45, 2.75) is 57.5 Å². The van der Waals surface area contributed by atoms with E-state index in [1.807, 2.05) is 24.0 Å². The first-order valence-corrected chi connectivity index (χ1v) is 14.9. The number of aromatic amines is 1. The summed E-state index contributed by atoms with van der Waals surface area (Å²) in [6.45, 7) is 7.99. The molecule has 4 aromatic rings. The molecule has 0 spiro atoms. The Kier molecular flexibility index (Phi) is 7.85. The van der Waals surface area contributed by atoms with Crippen molar-refractivity contribution >= 4 is 10.9 Å². The van der Waals surface area contributed by atoms with E-state index in [1.165, 1.54) is 85.3 Å². The molecule has 4 heterocycles. The highest BCUT2D eigenvalue weighted by Crippen LogP contribution is 2.38. The maximum Gasteiger partial charge on any atom is 0.161 e. The van der Waals surface area contributed by atoms with Crippen molar-refractivity contribution in [3.63, 3.8) is 0 Å². The van der Waals surface area contributed by atoms with Crippen LogP contribution in [0.4, 0.5) is 0 Å². The number of hydrogen-bond acceptors (Lipinski definition) is 5. The minimum Gasteiger partial charge on any atom is -0.493 e. The lowest BCUT2D eigenvalue weighted by Crippen LogP contribution is -2.47. The lowest BCUT2D eigenvalue weighted by Gasteiger charge is -2.41. The van der Waals surface area contributed by atoms with Crippen molar-refractivity contribution in [1.29, 1.82) is 0 Å². The molecule has 2 aliphatic heterocycles. The molecule has 212 valence electrons. The summed E-state index contributed by atoms with van der Waals surface area (Å²) in [5, 5.41) is 5.92. The van der Waals surface area contributed by atoms with Gasteiger partial charge < -0.3 is 19.4 Å². The molecule has 7 nitrogen and oxygen atoms in total. The van der Waals surface area contributed by atoms with Crippen LogP contribution in [0, 0.1) is 0 Å². The van der Waals surface area contributed by atoms with Gasteiger partial charge in [-0.15, -0.1) is 0 Å². The molecular weight excluding hydrogens is 498 g/mol. The Morgan fingerprint density at radius 1 is 0.900 bits per heavy atom. The molecule has 1 N–H and O–H groups in total. The number of likely N-dealkylation sites (tertiary alicyclic amines) is 2. The first-order valence-electron chi connectivity index (χ1n) is 14.9. The number of benzene rings is 2. The summed E-state index contributed by atoms with van der Waals surface area (Å²) in [5.41, 5.74) is 7.57. The molecule has 2 aromatic heterocycles. The molecule has 7 heteroatoms. The number of H-pyrrole nitrogens is 1. The zero-order valence-corrected chi connectivity index (χ0v) is 24.4. The van der Waals surface area contributed by atoms with Crippen LogP contribution in [-0.4, -0.2) is 71.0 Å². The second-order valence-electron chi connectivity index (χ2n) is 11.5. The van der Waals surface area contributed by atoms with Crippen LogP contribution in [0.15, 0.2) is 48.7 Å². The molecule has 0 saturated carbocycles. The Balaban J connectivity index is 1.11. The topological polar surface area (TPSA) is 58.6 Å². The largest absolute Gasteiger partial charge is 0.493 e. The van der Waals surface area contributed by atoms with Gasteiger partial charge in [-0.1, -0.05) is 13.0 Å². The smallest absolute Gasteiger partial charge is 0.161 e. The summed E-state index contributed by atoms with van der Waals surface area (Å²) < 4.78 is 12.9. The first kappa shape index (κ1) is 26.9. The number of ether oxygens (including phenoxy) is 2. The minimum atomic E-state index is 0.633. The second-order valence-corrected chi connectivity index (χ2v) is 11.5. The quantitative estimate of drug-likeness (QED) is 0.297. The predicted octanol–water partition coefficient (Wildman–Crippen LogP) is 5.99. The standard InChI is InChI=1S/C33H43N5O2/c1-5-28-29-20-24(6-8-30(29)34-33(28)25-7-9-31(39-3)32(21-25)40-4)23-10-18-38(19-11-23)27-13-16-37(17-14-27)22-26-12-15-36(2)35-26/h6-9,12,15,20-21,23,27,34H,5,10-11,13-14,16-19,22H2,1-4H3. The van der Waals surface area contributed by atoms with Gasteiger partial charge in [0, 0.05) is 61.1 Å². The number of hydrogen-bond donors (Lipinski definition) is 1. The second kappa shape index (κ2) is 11.7. The van der Waals surface area contributed by atoms with Gasteiger partial charge in [0.05, 0.1) is 19.9 Å². The van der Waals surface area contributed by atoms with Gasteiger partial charge in [0.1, 0.15) is 0 Å². The van der Waals surface area contributed by atoms with Gasteiger partial charge in [-0.2, -0.15) is 5.10 Å². The summed E-state index contributed by atoms with van der Waals surface area (Å²) in [4.78, 5) is 9.05. The SMILES string of the molecule is CCc1c(-c2ccc(OC)c(OC)c2)[nH]c2ccc(C3CCN(C4CCN(Cc5ccn(C)n5)CC4)CC3)cc12. The van der Waals surface area contributed by atoms with E-state index in [0.717, 1.165) is 36.1 Å². The van der Waals surface area contributed by atoms with Crippen molar-refractivity contribution in [2.24, 2.45) is 7.05 Å². The zero-order valence-electron chi connectivity index (χ0n) is 24.4. The molecule has 0 aliphatic carbocycles. The zero-order chi connectivity index (χ0) is 27.6. The third-order valence-electron chi connectivity index (χ3n) is 9.18. The van der Waals surface area contributed by atoms with E-state index in [-0.39, 0.29) is 0 Å². The fourth-order valence-corrected chi connectivity index (χ4v) is 6.94. The van der Waals surface area contributed by atoms with Crippen LogP contribution >= 0.6 is 0 Å². The molecule has 0 radical (unpaired) electrons. The third-order valence-corrected chi connectivity index (χ3v) is 9.18. The summed E-state index contributed by atoms with van der Waals surface area (Å²) >= 11 is 0. The molecule has 2 saturated heterocycles. The average Bonchev–Trinajstić information content (AvgIpc) is 3.59. The van der Waals surface area contributed by atoms with Crippen molar-refractivity contribution in [2.75, 3.05) is 40.4 Å². The summed E-state index contributed by atoms with van der Waals surface area (Å²) in [5.74, 6) is 2.14. The Labute approximate surface area is 238 Å². The van der Waals surface area contributed by atoms with E-state index in [9.17, 15) is 0 Å². The first-order chi connectivity index (χ1) is 19.6. The predicted molar refractivity (Wildman–Crippen MR) is 161 cm³/mol. The maximum atomic E-state index is 5.58. The summed E-state index contributed by atoms with van der Waals surface area (Å²) in [6, 6.07) is 16.2. The summed E-state index contributed by atoms with van der Waals surface area (Å²) in [6.07, 6.45) is 8.05. The molecule has 2 aromatic carbocycles. The Morgan fingerprint density at radius 2 is 1.68 bits per heavy atom. The van der Waals surface area contributed by atoms with Crippen LogP contribution in [0.25, 0.3) is 22.2 Å². The van der Waals surface area contributed by atoms with Gasteiger partial charge in [-0.3, -0.25) is 9.58 Å². The van der Waals surface area contributed by atoms with Crippen LogP contribution in [0.1, 0.15) is 55.3 Å². The lowest BCUT2D eigenvalue weighted by atomic mass is 9.87. The van der Waals surface area contributed by atoms with Gasteiger partial charge in [-0.25, -0.2) is 0 Å². The minimum absolute atomic E-state index is 0.633. The van der Waals surface area contributed by atoms with E-state index in [0.29, 0.717) is 5.92 Å². The molecule has 6 rings (SSSR count). The molecule has 0 atom stereocenters. The van der Waals surface area contributed by atoms with Crippen LogP contribution < -0.4 is 9.47 Å². The number of methoxy groups -OCH3 is 2. The lowest BCUT2D eigenvalue weighted by molar-refractivity contribution is 0.0840. The monoisotopic (exact) mass is 541 g/mol. The van der Waals surface area contributed by atoms with Gasteiger partial charge >= 0.3 is 0 Å². The highest BCUT2D eigenvalue weighted by atomic mass is 16.5. The van der Waals surface area contributed by atoms with Gasteiger partial charge in [0.2, 0.25) is 0 Å². The number of nitrogens with zero attached hydrogens (tertiary/aromatic N) is 4. The van der Waals surface area contributed by atoms with Crippen molar-refractivity contribution in [3.8, 4) is 22.8 Å². The highest BCUT2D eigenvalue weighted by molar-refractivity contribution is 5.91. The van der Waals surface area contributed by atoms with Crippen LogP contribution in [0.3, 0.4) is 0 Å². The number of nitrogens with one attached hydrogen (secondary N) is 1. The van der Waals surface area contributed by atoms with Gasteiger partial charge in [0.15, 0.2) is 11.5 Å². The van der Waals surface area contributed by atoms with Crippen LogP contribution in [0.5, 0.6) is 11.5 Å². The van der Waals surface area contributed by atoms with E-state index in [1.54, 1.807) is 14.2 Å². The average molecular weight is 542 g/mol. The number of piperidine rings is 2. The van der Waals surface area contributed by atoms with E-state index in [4.69, 9.17) is 9.47 Å². The number of rotatable bonds is 8. The molecule has 0 bridgehead atoms. The molecule has 0 amide bonds. The van der Waals surface area contributed by atoms with Gasteiger partial charge in [0.25, 0.3) is 0 Å². The highest BCUT2D eigenvalue weighted by Gasteiger charge is 2.29. The summed E-state index contributed by atoms with van der Waals surface area (Å²) in [7, 11) is 5.37. The van der Waals surface area contributed by atoms with Crippen LogP contribution in [-0.2, 0) is 20.0 Å². The maximum absolute atomic E-state index is 5.58. The van der Waals surface area contributed by atoms with Gasteiger partial charge in [-0.05, 0) is 98.6 Å². The Hall–Kier alpha value is -3.29. The Bertz CT molecular complexity index is 1440. The van der Waals surface area contributed by atoms with Crippen molar-refractivity contribution in [1.82, 2.24) is 24.6 Å². The van der Waals surface area contributed by atoms with E-state index < -0.39 is 0 Å². The van der Waals surface area contributed by atoms with Crippen LogP contribution in [0.2, 0.25) is 0 Å². The fraction of sp³-hybridized carbons (Fsp3) is 0.485. The third kappa shape index (κ3) is 5.37. The molecule has 2 aliphatic rings. The fourth-order valence-electron chi connectivity index (χ4n) is 6.94. The molecule has 0 unspecified atom stereocenters. The van der Waals surface area contributed by atoms with E-state index >= 15 is 0 Å². The van der Waals surface area contributed by atoms with Crippen molar-refractivity contribution in [3.05, 3.63) is 65.5 Å². The number of fused-ring (bicyclic) bond motifs is 1. The molecular formula is C33H43N5O2. The van der Waals surface area contributed by atoms with Crippen molar-refractivity contribution < 1.29 is 9.47 Å². The Morgan fingerprint density at radius 3 is 2.35 bits per heavy atom. The number of aryl methyl sites for hydroxylation is 2. The number of aromatic nitrogens is 3. The van der Waals surface area contributed by atoms with E-state index in [2.05, 4.69) is 63.2 Å².